The monoisotopic (exact) mass is 266 g/mol. The second kappa shape index (κ2) is 9.40. The van der Waals surface area contributed by atoms with Gasteiger partial charge in [-0.1, -0.05) is 30.8 Å². The van der Waals surface area contributed by atoms with Gasteiger partial charge in [0.1, 0.15) is 0 Å². The standard InChI is InChI=1S/C9H19N2OPS2/c1-4-6-8-15-13(14,12-3)11-9-10-7-5-2/h5,7,9H,4,6,8H2,1-3H3,(H,10,11,14)/b7-5-. The minimum Gasteiger partial charge on any atom is -0.330 e. The molecule has 0 aliphatic rings. The minimum atomic E-state index is -1.95. The van der Waals surface area contributed by atoms with Gasteiger partial charge in [0.25, 0.3) is 0 Å². The Morgan fingerprint density at radius 3 is 2.87 bits per heavy atom. The Morgan fingerprint density at radius 2 is 2.33 bits per heavy atom. The van der Waals surface area contributed by atoms with E-state index in [1.165, 1.54) is 12.8 Å². The Labute approximate surface area is 102 Å². The van der Waals surface area contributed by atoms with E-state index >= 15 is 0 Å². The Morgan fingerprint density at radius 1 is 1.60 bits per heavy atom. The summed E-state index contributed by atoms with van der Waals surface area (Å²) in [5.74, 6) is 1.03. The maximum atomic E-state index is 5.39. The van der Waals surface area contributed by atoms with E-state index < -0.39 is 5.62 Å². The maximum absolute atomic E-state index is 5.39. The summed E-state index contributed by atoms with van der Waals surface area (Å²) < 4.78 is 5.33. The van der Waals surface area contributed by atoms with Crippen LogP contribution in [0.15, 0.2) is 17.3 Å². The first kappa shape index (κ1) is 15.2. The van der Waals surface area contributed by atoms with Gasteiger partial charge in [-0.3, -0.25) is 0 Å². The molecule has 3 nitrogen and oxygen atoms in total. The van der Waals surface area contributed by atoms with Crippen molar-refractivity contribution in [2.45, 2.75) is 26.7 Å². The van der Waals surface area contributed by atoms with Gasteiger partial charge in [-0.25, -0.2) is 4.99 Å². The van der Waals surface area contributed by atoms with Crippen molar-refractivity contribution >= 4 is 35.1 Å². The highest BCUT2D eigenvalue weighted by Crippen LogP contribution is 2.55. The van der Waals surface area contributed by atoms with Crippen LogP contribution in [-0.2, 0) is 16.3 Å². The number of allylic oxidation sites excluding steroid dienone is 1. The Bertz CT molecular complexity index is 256. The molecule has 0 aromatic carbocycles. The molecule has 0 aromatic heterocycles. The molecule has 88 valence electrons. The van der Waals surface area contributed by atoms with Crippen LogP contribution >= 0.6 is 17.0 Å². The van der Waals surface area contributed by atoms with Gasteiger partial charge in [-0.15, -0.1) is 0 Å². The van der Waals surface area contributed by atoms with Crippen LogP contribution in [0.5, 0.6) is 0 Å². The van der Waals surface area contributed by atoms with E-state index in [4.69, 9.17) is 16.3 Å². The summed E-state index contributed by atoms with van der Waals surface area (Å²) in [5.41, 5.74) is -1.95. The summed E-state index contributed by atoms with van der Waals surface area (Å²) in [6.45, 7) is 4.08. The topological polar surface area (TPSA) is 33.6 Å². The summed E-state index contributed by atoms with van der Waals surface area (Å²) >= 11 is 7.08. The molecule has 0 aliphatic carbocycles. The lowest BCUT2D eigenvalue weighted by molar-refractivity contribution is 0.467. The lowest BCUT2D eigenvalue weighted by Gasteiger charge is -2.18. The fraction of sp³-hybridized carbons (Fsp3) is 0.667. The summed E-state index contributed by atoms with van der Waals surface area (Å²) in [6, 6.07) is 0. The normalized spacial score (nSPS) is 15.9. The quantitative estimate of drug-likeness (QED) is 0.315. The molecule has 15 heavy (non-hydrogen) atoms. The summed E-state index contributed by atoms with van der Waals surface area (Å²) in [4.78, 5) is 4.00. The molecule has 0 saturated carbocycles. The van der Waals surface area contributed by atoms with Crippen LogP contribution in [0.25, 0.3) is 0 Å². The lowest BCUT2D eigenvalue weighted by atomic mass is 10.4. The van der Waals surface area contributed by atoms with E-state index in [1.54, 1.807) is 31.0 Å². The first-order valence-electron chi connectivity index (χ1n) is 4.89. The molecule has 0 aromatic rings. The van der Waals surface area contributed by atoms with Gasteiger partial charge in [0, 0.05) is 19.1 Å². The second-order valence-electron chi connectivity index (χ2n) is 2.76. The van der Waals surface area contributed by atoms with Gasteiger partial charge < -0.3 is 9.61 Å². The third-order valence-electron chi connectivity index (χ3n) is 1.53. The molecule has 1 N–H and O–H groups in total. The predicted octanol–water partition coefficient (Wildman–Crippen LogP) is 3.54. The molecule has 6 heteroatoms. The molecule has 0 fully saturated rings. The van der Waals surface area contributed by atoms with E-state index in [1.807, 2.05) is 13.0 Å². The molecule has 0 bridgehead atoms. The van der Waals surface area contributed by atoms with Crippen LogP contribution in [-0.4, -0.2) is 19.2 Å². The van der Waals surface area contributed by atoms with Crippen molar-refractivity contribution in [3.05, 3.63) is 12.3 Å². The van der Waals surface area contributed by atoms with Gasteiger partial charge in [0.2, 0.25) is 5.62 Å². The van der Waals surface area contributed by atoms with Gasteiger partial charge in [0.05, 0.1) is 6.34 Å². The zero-order valence-electron chi connectivity index (χ0n) is 9.47. The fourth-order valence-corrected chi connectivity index (χ4v) is 4.46. The SMILES string of the molecule is C/C=C\N=C\NP(=S)(OC)SCCCC. The van der Waals surface area contributed by atoms with Crippen molar-refractivity contribution in [2.24, 2.45) is 4.99 Å². The lowest BCUT2D eigenvalue weighted by Crippen LogP contribution is -2.06. The number of nitrogens with one attached hydrogen (secondary N) is 1. The molecular weight excluding hydrogens is 247 g/mol. The van der Waals surface area contributed by atoms with Crippen LogP contribution in [0.4, 0.5) is 0 Å². The van der Waals surface area contributed by atoms with E-state index in [9.17, 15) is 0 Å². The smallest absolute Gasteiger partial charge is 0.210 e. The summed E-state index contributed by atoms with van der Waals surface area (Å²) in [6.07, 6.45) is 7.53. The number of nitrogens with zero attached hydrogens (tertiary/aromatic N) is 1. The Hall–Kier alpha value is 0.170. The van der Waals surface area contributed by atoms with Crippen molar-refractivity contribution in [3.63, 3.8) is 0 Å². The highest BCUT2D eigenvalue weighted by molar-refractivity contribution is 8.68. The fourth-order valence-electron chi connectivity index (χ4n) is 0.705. The van der Waals surface area contributed by atoms with Gasteiger partial charge in [0.15, 0.2) is 0 Å². The van der Waals surface area contributed by atoms with Crippen molar-refractivity contribution in [1.82, 2.24) is 5.09 Å². The molecule has 1 atom stereocenters. The average Bonchev–Trinajstić information content (AvgIpc) is 2.25. The molecule has 0 aliphatic heterocycles. The van der Waals surface area contributed by atoms with Crippen LogP contribution in [0.3, 0.4) is 0 Å². The van der Waals surface area contributed by atoms with Crippen molar-refractivity contribution in [2.75, 3.05) is 12.9 Å². The van der Waals surface area contributed by atoms with Gasteiger partial charge >= 0.3 is 0 Å². The maximum Gasteiger partial charge on any atom is 0.210 e. The van der Waals surface area contributed by atoms with Crippen LogP contribution in [0.1, 0.15) is 26.7 Å². The predicted molar refractivity (Wildman–Crippen MR) is 75.1 cm³/mol. The third-order valence-corrected chi connectivity index (χ3v) is 7.29. The van der Waals surface area contributed by atoms with Crippen LogP contribution in [0, 0.1) is 0 Å². The molecular formula is C9H19N2OPS2. The molecule has 0 radical (unpaired) electrons. The van der Waals surface area contributed by atoms with Crippen molar-refractivity contribution in [1.29, 1.82) is 0 Å². The first-order valence-corrected chi connectivity index (χ1v) is 9.20. The van der Waals surface area contributed by atoms with E-state index in [-0.39, 0.29) is 0 Å². The van der Waals surface area contributed by atoms with E-state index in [0.717, 1.165) is 5.75 Å². The van der Waals surface area contributed by atoms with Crippen LogP contribution in [0.2, 0.25) is 0 Å². The average molecular weight is 266 g/mol. The molecule has 0 amide bonds. The molecule has 0 spiro atoms. The third kappa shape index (κ3) is 8.03. The highest BCUT2D eigenvalue weighted by atomic mass is 32.9. The second-order valence-corrected chi connectivity index (χ2v) is 9.59. The van der Waals surface area contributed by atoms with Crippen molar-refractivity contribution < 1.29 is 4.52 Å². The minimum absolute atomic E-state index is 1.03. The summed E-state index contributed by atoms with van der Waals surface area (Å²) in [5, 5.41) is 3.06. The number of hydrogen-bond acceptors (Lipinski definition) is 4. The molecule has 0 rings (SSSR count). The highest BCUT2D eigenvalue weighted by Gasteiger charge is 2.13. The van der Waals surface area contributed by atoms with E-state index in [0.29, 0.717) is 0 Å². The number of hydrogen-bond donors (Lipinski definition) is 1. The van der Waals surface area contributed by atoms with Crippen LogP contribution < -0.4 is 5.09 Å². The van der Waals surface area contributed by atoms with E-state index in [2.05, 4.69) is 17.0 Å². The zero-order chi connectivity index (χ0) is 11.6. The van der Waals surface area contributed by atoms with Gasteiger partial charge in [-0.05, 0) is 25.2 Å². The number of unbranched alkanes of at least 4 members (excludes halogenated alkanes) is 1. The summed E-state index contributed by atoms with van der Waals surface area (Å²) in [7, 11) is 1.65. The number of aliphatic imine (C=N–C) groups is 1. The largest absolute Gasteiger partial charge is 0.330 e. The number of rotatable bonds is 8. The molecule has 0 heterocycles. The van der Waals surface area contributed by atoms with Crippen molar-refractivity contribution in [3.8, 4) is 0 Å². The first-order chi connectivity index (χ1) is 7.18. The zero-order valence-corrected chi connectivity index (χ0v) is 12.0. The Kier molecular flexibility index (Phi) is 9.51. The van der Waals surface area contributed by atoms with Gasteiger partial charge in [-0.2, -0.15) is 0 Å². The molecule has 1 unspecified atom stereocenters. The molecule has 0 saturated heterocycles. The Balaban J connectivity index is 4.01.